The lowest BCUT2D eigenvalue weighted by Crippen LogP contribution is -2.06. The average molecular weight is 338 g/mol. The highest BCUT2D eigenvalue weighted by Crippen LogP contribution is 1.81. The van der Waals surface area contributed by atoms with Crippen molar-refractivity contribution in [3.05, 3.63) is 0 Å². The van der Waals surface area contributed by atoms with E-state index >= 15 is 0 Å². The van der Waals surface area contributed by atoms with Gasteiger partial charge in [0.15, 0.2) is 0 Å². The molecule has 0 atom stereocenters. The van der Waals surface area contributed by atoms with E-state index in [1.54, 1.807) is 7.11 Å². The topological polar surface area (TPSA) is 74.2 Å². The van der Waals surface area contributed by atoms with Gasteiger partial charge in [0.2, 0.25) is 0 Å². The highest BCUT2D eigenvalue weighted by Gasteiger charge is 1.92. The largest absolute Gasteiger partial charge is 0.480 e. The van der Waals surface area contributed by atoms with E-state index in [1.807, 2.05) is 6.92 Å². The van der Waals surface area contributed by atoms with Crippen molar-refractivity contribution in [2.75, 3.05) is 53.4 Å². The van der Waals surface area contributed by atoms with E-state index in [4.69, 9.17) is 19.3 Å². The van der Waals surface area contributed by atoms with Crippen LogP contribution in [0, 0.1) is 0 Å². The Balaban J connectivity index is -0.000000262. The monoisotopic (exact) mass is 338 g/mol. The Labute approximate surface area is 142 Å². The van der Waals surface area contributed by atoms with Crippen LogP contribution in [0.4, 0.5) is 0 Å². The predicted octanol–water partition coefficient (Wildman–Crippen LogP) is 3.38. The van der Waals surface area contributed by atoms with Crippen LogP contribution in [0.5, 0.6) is 0 Å². The highest BCUT2D eigenvalue weighted by molar-refractivity contribution is 5.67. The van der Waals surface area contributed by atoms with Crippen LogP contribution in [0.25, 0.3) is 0 Å². The number of rotatable bonds is 13. The van der Waals surface area contributed by atoms with Gasteiger partial charge in [-0.2, -0.15) is 0 Å². The molecule has 1 N–H and O–H groups in total. The summed E-state index contributed by atoms with van der Waals surface area (Å²) in [5, 5.41) is 8.02. The van der Waals surface area contributed by atoms with Gasteiger partial charge in [0, 0.05) is 33.5 Å². The molecule has 0 unspecified atom stereocenters. The molecule has 0 fully saturated rings. The lowest BCUT2D eigenvalue weighted by molar-refractivity contribution is -0.142. The Kier molecular flexibility index (Phi) is 34.7. The number of carbonyl (C=O) groups is 1. The van der Waals surface area contributed by atoms with E-state index < -0.39 is 5.97 Å². The summed E-state index contributed by atoms with van der Waals surface area (Å²) in [6.45, 7) is 12.8. The van der Waals surface area contributed by atoms with Crippen molar-refractivity contribution in [2.24, 2.45) is 0 Å². The molecule has 0 aromatic carbocycles. The maximum atomic E-state index is 9.75. The summed E-state index contributed by atoms with van der Waals surface area (Å²) in [7, 11) is 1.68. The molecule has 0 saturated heterocycles. The van der Waals surface area contributed by atoms with E-state index in [0.717, 1.165) is 52.1 Å². The summed E-state index contributed by atoms with van der Waals surface area (Å²) in [4.78, 5) is 9.75. The van der Waals surface area contributed by atoms with E-state index in [2.05, 4.69) is 25.5 Å². The first-order valence-electron chi connectivity index (χ1n) is 8.54. The standard InChI is InChI=1S/C6H14O2.C6H14O.C5H10O3/c1-3-4-8-6-5-7-2;1-3-5-7-6-4-2;1-2-3-8-4-5(6)7/h3-6H2,1-2H3;3-6H2,1-2H3;2-4H2,1H3,(H,6,7). The molecular weight excluding hydrogens is 300 g/mol. The smallest absolute Gasteiger partial charge is 0.329 e. The maximum Gasteiger partial charge on any atom is 0.329 e. The van der Waals surface area contributed by atoms with Gasteiger partial charge in [-0.15, -0.1) is 0 Å². The van der Waals surface area contributed by atoms with Crippen molar-refractivity contribution < 1.29 is 28.8 Å². The third-order valence-electron chi connectivity index (χ3n) is 2.05. The number of ether oxygens (including phenoxy) is 4. The average Bonchev–Trinajstić information content (AvgIpc) is 2.53. The van der Waals surface area contributed by atoms with Crippen LogP contribution in [0.15, 0.2) is 0 Å². The predicted molar refractivity (Wildman–Crippen MR) is 93.1 cm³/mol. The fourth-order valence-corrected chi connectivity index (χ4v) is 1.08. The number of methoxy groups -OCH3 is 1. The Hall–Kier alpha value is -0.690. The second-order valence-corrected chi connectivity index (χ2v) is 4.66. The molecule has 0 rings (SSSR count). The van der Waals surface area contributed by atoms with Crippen LogP contribution < -0.4 is 0 Å². The third kappa shape index (κ3) is 44.9. The number of hydrogen-bond acceptors (Lipinski definition) is 5. The maximum absolute atomic E-state index is 9.75. The Morgan fingerprint density at radius 3 is 1.43 bits per heavy atom. The van der Waals surface area contributed by atoms with Gasteiger partial charge in [0.1, 0.15) is 6.61 Å². The minimum absolute atomic E-state index is 0.173. The summed E-state index contributed by atoms with van der Waals surface area (Å²) in [6, 6.07) is 0. The third-order valence-corrected chi connectivity index (χ3v) is 2.05. The second kappa shape index (κ2) is 29.3. The van der Waals surface area contributed by atoms with Gasteiger partial charge < -0.3 is 24.1 Å². The van der Waals surface area contributed by atoms with Crippen molar-refractivity contribution in [1.29, 1.82) is 0 Å². The van der Waals surface area contributed by atoms with Crippen LogP contribution in [-0.4, -0.2) is 64.4 Å². The van der Waals surface area contributed by atoms with Crippen LogP contribution in [-0.2, 0) is 23.7 Å². The molecule has 0 radical (unpaired) electrons. The molecule has 0 spiro atoms. The number of carboxylic acid groups (broad SMARTS) is 1. The molecule has 0 aliphatic rings. The SMILES string of the molecule is CCCOCC(=O)O.CCCOCCC.CCCOCCOC. The normalized spacial score (nSPS) is 9.43. The number of hydrogen-bond donors (Lipinski definition) is 1. The number of aliphatic carboxylic acids is 1. The molecule has 0 aliphatic carbocycles. The van der Waals surface area contributed by atoms with E-state index in [1.165, 1.54) is 0 Å². The zero-order valence-electron chi connectivity index (χ0n) is 15.8. The van der Waals surface area contributed by atoms with Crippen LogP contribution in [0.1, 0.15) is 53.4 Å². The molecule has 0 bridgehead atoms. The molecule has 142 valence electrons. The van der Waals surface area contributed by atoms with Crippen molar-refractivity contribution in [2.45, 2.75) is 53.4 Å². The Morgan fingerprint density at radius 1 is 0.696 bits per heavy atom. The van der Waals surface area contributed by atoms with Crippen LogP contribution in [0.3, 0.4) is 0 Å². The molecule has 0 aromatic heterocycles. The minimum Gasteiger partial charge on any atom is -0.480 e. The first kappa shape index (κ1) is 27.2. The zero-order chi connectivity index (χ0) is 18.2. The summed E-state index contributed by atoms with van der Waals surface area (Å²) in [6.07, 6.45) is 4.23. The lowest BCUT2D eigenvalue weighted by atomic mass is 10.5. The van der Waals surface area contributed by atoms with Crippen molar-refractivity contribution >= 4 is 5.97 Å². The van der Waals surface area contributed by atoms with Gasteiger partial charge in [0.05, 0.1) is 13.2 Å². The summed E-state index contributed by atoms with van der Waals surface area (Å²) >= 11 is 0. The van der Waals surface area contributed by atoms with Gasteiger partial charge in [-0.05, 0) is 25.7 Å². The van der Waals surface area contributed by atoms with E-state index in [0.29, 0.717) is 13.2 Å². The molecule has 0 saturated carbocycles. The summed E-state index contributed by atoms with van der Waals surface area (Å²) < 4.78 is 19.6. The van der Waals surface area contributed by atoms with Gasteiger partial charge in [0.25, 0.3) is 0 Å². The fraction of sp³-hybridized carbons (Fsp3) is 0.941. The van der Waals surface area contributed by atoms with Gasteiger partial charge in [-0.25, -0.2) is 4.79 Å². The summed E-state index contributed by atoms with van der Waals surface area (Å²) in [5.74, 6) is -0.904. The summed E-state index contributed by atoms with van der Waals surface area (Å²) in [5.41, 5.74) is 0. The van der Waals surface area contributed by atoms with Gasteiger partial charge >= 0.3 is 5.97 Å². The molecule has 0 heterocycles. The van der Waals surface area contributed by atoms with E-state index in [9.17, 15) is 4.79 Å². The highest BCUT2D eigenvalue weighted by atomic mass is 16.5. The molecule has 0 aromatic rings. The Bertz CT molecular complexity index is 190. The van der Waals surface area contributed by atoms with Crippen LogP contribution in [0.2, 0.25) is 0 Å². The quantitative estimate of drug-likeness (QED) is 0.519. The first-order chi connectivity index (χ1) is 11.1. The molecule has 0 amide bonds. The van der Waals surface area contributed by atoms with Crippen molar-refractivity contribution in [3.63, 3.8) is 0 Å². The van der Waals surface area contributed by atoms with Gasteiger partial charge in [-0.3, -0.25) is 0 Å². The molecule has 6 heteroatoms. The number of carboxylic acids is 1. The molecule has 6 nitrogen and oxygen atoms in total. The van der Waals surface area contributed by atoms with Crippen molar-refractivity contribution in [1.82, 2.24) is 0 Å². The molecule has 0 aliphatic heterocycles. The molecular formula is C17H38O6. The Morgan fingerprint density at radius 2 is 1.09 bits per heavy atom. The first-order valence-corrected chi connectivity index (χ1v) is 8.54. The lowest BCUT2D eigenvalue weighted by Gasteiger charge is -1.98. The van der Waals surface area contributed by atoms with Crippen LogP contribution >= 0.6 is 0 Å². The van der Waals surface area contributed by atoms with Gasteiger partial charge in [-0.1, -0.05) is 27.7 Å². The fourth-order valence-electron chi connectivity index (χ4n) is 1.08. The van der Waals surface area contributed by atoms with Crippen molar-refractivity contribution in [3.8, 4) is 0 Å². The van der Waals surface area contributed by atoms with E-state index in [-0.39, 0.29) is 6.61 Å². The molecule has 23 heavy (non-hydrogen) atoms. The minimum atomic E-state index is -0.904. The zero-order valence-corrected chi connectivity index (χ0v) is 15.8. The second-order valence-electron chi connectivity index (χ2n) is 4.66.